The molecule has 1 saturated carbocycles. The summed E-state index contributed by atoms with van der Waals surface area (Å²) in [6.07, 6.45) is 5.98. The van der Waals surface area contributed by atoms with Gasteiger partial charge in [0.15, 0.2) is 0 Å². The number of hydrogen-bond donors (Lipinski definition) is 1. The Labute approximate surface area is 116 Å². The first kappa shape index (κ1) is 13.1. The van der Waals surface area contributed by atoms with E-state index in [4.69, 9.17) is 0 Å². The summed E-state index contributed by atoms with van der Waals surface area (Å²) < 4.78 is 0. The van der Waals surface area contributed by atoms with Gasteiger partial charge in [0.05, 0.1) is 5.69 Å². The van der Waals surface area contributed by atoms with Crippen LogP contribution in [-0.4, -0.2) is 35.1 Å². The van der Waals surface area contributed by atoms with Crippen LogP contribution >= 0.6 is 0 Å². The van der Waals surface area contributed by atoms with E-state index in [2.05, 4.69) is 35.1 Å². The van der Waals surface area contributed by atoms with Crippen molar-refractivity contribution in [2.75, 3.05) is 13.1 Å². The zero-order chi connectivity index (χ0) is 13.2. The van der Waals surface area contributed by atoms with Gasteiger partial charge < -0.3 is 5.32 Å². The molecular formula is C16H25N3. The molecule has 1 aliphatic heterocycles. The van der Waals surface area contributed by atoms with Crippen LogP contribution in [-0.2, 0) is 6.54 Å². The fourth-order valence-electron chi connectivity index (χ4n) is 3.17. The zero-order valence-electron chi connectivity index (χ0n) is 12.1. The van der Waals surface area contributed by atoms with Crippen LogP contribution in [0.25, 0.3) is 0 Å². The summed E-state index contributed by atoms with van der Waals surface area (Å²) in [4.78, 5) is 7.21. The minimum Gasteiger partial charge on any atom is -0.311 e. The number of rotatable bonds is 4. The average molecular weight is 259 g/mol. The number of hydrogen-bond acceptors (Lipinski definition) is 3. The van der Waals surface area contributed by atoms with Gasteiger partial charge in [0.1, 0.15) is 0 Å². The van der Waals surface area contributed by atoms with E-state index < -0.39 is 0 Å². The van der Waals surface area contributed by atoms with Gasteiger partial charge in [-0.3, -0.25) is 9.88 Å². The monoisotopic (exact) mass is 259 g/mol. The highest BCUT2D eigenvalue weighted by atomic mass is 15.2. The van der Waals surface area contributed by atoms with E-state index in [9.17, 15) is 0 Å². The lowest BCUT2D eigenvalue weighted by molar-refractivity contribution is 0.110. The minimum atomic E-state index is 0.663. The molecule has 2 aliphatic rings. The molecule has 1 aromatic heterocycles. The predicted molar refractivity (Wildman–Crippen MR) is 78.0 cm³/mol. The zero-order valence-corrected chi connectivity index (χ0v) is 12.1. The van der Waals surface area contributed by atoms with Crippen LogP contribution in [0.2, 0.25) is 0 Å². The molecule has 104 valence electrons. The Morgan fingerprint density at radius 3 is 2.95 bits per heavy atom. The molecule has 2 fully saturated rings. The van der Waals surface area contributed by atoms with Crippen LogP contribution in [0, 0.1) is 12.8 Å². The summed E-state index contributed by atoms with van der Waals surface area (Å²) in [5, 5.41) is 3.75. The fraction of sp³-hybridized carbons (Fsp3) is 0.688. The van der Waals surface area contributed by atoms with Crippen LogP contribution < -0.4 is 5.32 Å². The van der Waals surface area contributed by atoms with Gasteiger partial charge in [-0.15, -0.1) is 0 Å². The highest BCUT2D eigenvalue weighted by molar-refractivity contribution is 5.17. The molecule has 0 amide bonds. The molecule has 1 N–H and O–H groups in total. The Morgan fingerprint density at radius 1 is 1.42 bits per heavy atom. The largest absolute Gasteiger partial charge is 0.311 e. The van der Waals surface area contributed by atoms with Crippen molar-refractivity contribution in [1.29, 1.82) is 0 Å². The number of aromatic nitrogens is 1. The molecule has 3 heteroatoms. The van der Waals surface area contributed by atoms with Crippen LogP contribution in [0.5, 0.6) is 0 Å². The van der Waals surface area contributed by atoms with E-state index in [1.165, 1.54) is 37.1 Å². The maximum Gasteiger partial charge on any atom is 0.0573 e. The smallest absolute Gasteiger partial charge is 0.0573 e. The third kappa shape index (κ3) is 2.98. The van der Waals surface area contributed by atoms with Gasteiger partial charge in [-0.2, -0.15) is 0 Å². The second-order valence-corrected chi connectivity index (χ2v) is 6.11. The second kappa shape index (κ2) is 5.59. The van der Waals surface area contributed by atoms with Crippen LogP contribution in [0.4, 0.5) is 0 Å². The van der Waals surface area contributed by atoms with Gasteiger partial charge in [-0.1, -0.05) is 13.0 Å². The standard InChI is InChI=1S/C16H25N3/c1-3-14-9-18-16(13-6-7-13)11-19(14)10-15-12(2)5-4-8-17-15/h4-5,8,13-14,16,18H,3,6-7,9-11H2,1-2H3. The fourth-order valence-corrected chi connectivity index (χ4v) is 3.17. The van der Waals surface area contributed by atoms with Gasteiger partial charge in [-0.05, 0) is 43.7 Å². The van der Waals surface area contributed by atoms with E-state index in [1.807, 2.05) is 12.3 Å². The van der Waals surface area contributed by atoms with Crippen molar-refractivity contribution >= 4 is 0 Å². The van der Waals surface area contributed by atoms with E-state index in [0.29, 0.717) is 12.1 Å². The summed E-state index contributed by atoms with van der Waals surface area (Å²) in [5.74, 6) is 0.935. The average Bonchev–Trinajstić information content (AvgIpc) is 3.26. The normalized spacial score (nSPS) is 28.5. The lowest BCUT2D eigenvalue weighted by Gasteiger charge is -2.40. The Bertz CT molecular complexity index is 428. The molecule has 1 aromatic rings. The van der Waals surface area contributed by atoms with Gasteiger partial charge in [0, 0.05) is 37.9 Å². The Morgan fingerprint density at radius 2 is 2.26 bits per heavy atom. The molecular weight excluding hydrogens is 234 g/mol. The molecule has 1 aliphatic carbocycles. The van der Waals surface area contributed by atoms with Crippen molar-refractivity contribution < 1.29 is 0 Å². The Balaban J connectivity index is 1.70. The van der Waals surface area contributed by atoms with E-state index in [0.717, 1.165) is 19.0 Å². The number of aryl methyl sites for hydroxylation is 1. The second-order valence-electron chi connectivity index (χ2n) is 6.11. The summed E-state index contributed by atoms with van der Waals surface area (Å²) in [7, 11) is 0. The molecule has 0 bridgehead atoms. The first-order chi connectivity index (χ1) is 9.28. The quantitative estimate of drug-likeness (QED) is 0.899. The molecule has 2 unspecified atom stereocenters. The highest BCUT2D eigenvalue weighted by Gasteiger charge is 2.36. The summed E-state index contributed by atoms with van der Waals surface area (Å²) >= 11 is 0. The first-order valence-corrected chi connectivity index (χ1v) is 7.66. The molecule has 0 aromatic carbocycles. The molecule has 19 heavy (non-hydrogen) atoms. The highest BCUT2D eigenvalue weighted by Crippen LogP contribution is 2.34. The van der Waals surface area contributed by atoms with Crippen molar-refractivity contribution in [2.45, 2.75) is 51.7 Å². The van der Waals surface area contributed by atoms with Gasteiger partial charge >= 0.3 is 0 Å². The van der Waals surface area contributed by atoms with E-state index >= 15 is 0 Å². The number of pyridine rings is 1. The van der Waals surface area contributed by atoms with Crippen molar-refractivity contribution in [3.8, 4) is 0 Å². The summed E-state index contributed by atoms with van der Waals surface area (Å²) in [6, 6.07) is 5.58. The molecule has 3 rings (SSSR count). The lowest BCUT2D eigenvalue weighted by atomic mass is 10.0. The van der Waals surface area contributed by atoms with E-state index in [1.54, 1.807) is 0 Å². The van der Waals surface area contributed by atoms with Crippen molar-refractivity contribution in [2.24, 2.45) is 5.92 Å². The van der Waals surface area contributed by atoms with Crippen LogP contribution in [0.1, 0.15) is 37.4 Å². The number of nitrogens with zero attached hydrogens (tertiary/aromatic N) is 2. The Hall–Kier alpha value is -0.930. The van der Waals surface area contributed by atoms with Crippen molar-refractivity contribution in [3.05, 3.63) is 29.6 Å². The molecule has 1 saturated heterocycles. The van der Waals surface area contributed by atoms with Crippen LogP contribution in [0.15, 0.2) is 18.3 Å². The van der Waals surface area contributed by atoms with Crippen molar-refractivity contribution in [3.63, 3.8) is 0 Å². The third-order valence-electron chi connectivity index (χ3n) is 4.70. The van der Waals surface area contributed by atoms with Gasteiger partial charge in [0.25, 0.3) is 0 Å². The molecule has 0 spiro atoms. The SMILES string of the molecule is CCC1CNC(C2CC2)CN1Cc1ncccc1C. The summed E-state index contributed by atoms with van der Waals surface area (Å²) in [5.41, 5.74) is 2.57. The first-order valence-electron chi connectivity index (χ1n) is 7.66. The molecule has 2 heterocycles. The van der Waals surface area contributed by atoms with Crippen LogP contribution in [0.3, 0.4) is 0 Å². The Kier molecular flexibility index (Phi) is 3.85. The third-order valence-corrected chi connectivity index (χ3v) is 4.70. The van der Waals surface area contributed by atoms with Gasteiger partial charge in [-0.25, -0.2) is 0 Å². The molecule has 3 nitrogen and oxygen atoms in total. The lowest BCUT2D eigenvalue weighted by Crippen LogP contribution is -2.56. The predicted octanol–water partition coefficient (Wildman–Crippen LogP) is 2.35. The minimum absolute atomic E-state index is 0.663. The molecule has 0 radical (unpaired) electrons. The number of nitrogens with one attached hydrogen (secondary N) is 1. The van der Waals surface area contributed by atoms with Gasteiger partial charge in [0.2, 0.25) is 0 Å². The maximum absolute atomic E-state index is 4.56. The summed E-state index contributed by atoms with van der Waals surface area (Å²) in [6.45, 7) is 7.81. The van der Waals surface area contributed by atoms with Crippen molar-refractivity contribution in [1.82, 2.24) is 15.2 Å². The van der Waals surface area contributed by atoms with E-state index in [-0.39, 0.29) is 0 Å². The molecule has 2 atom stereocenters. The maximum atomic E-state index is 4.56. The number of piperazine rings is 1. The topological polar surface area (TPSA) is 28.2 Å².